The van der Waals surface area contributed by atoms with Gasteiger partial charge in [0.2, 0.25) is 5.91 Å². The monoisotopic (exact) mass is 243 g/mol. The Morgan fingerprint density at radius 1 is 1.47 bits per heavy atom. The van der Waals surface area contributed by atoms with E-state index in [9.17, 15) is 4.79 Å². The number of carbonyl (C=O) groups is 1. The number of nitrogens with zero attached hydrogens (tertiary/aromatic N) is 1. The Hall–Kier alpha value is -0.650. The Bertz CT molecular complexity index is 224. The first kappa shape index (κ1) is 14.4. The lowest BCUT2D eigenvalue weighted by Gasteiger charge is -2.32. The van der Waals surface area contributed by atoms with Crippen LogP contribution in [0.25, 0.3) is 0 Å². The topological polar surface area (TPSA) is 53.6 Å². The largest absolute Gasteiger partial charge is 0.374 e. The molecule has 0 saturated carbocycles. The minimum absolute atomic E-state index is 0.100. The van der Waals surface area contributed by atoms with Crippen LogP contribution >= 0.6 is 0 Å². The first-order valence-electron chi connectivity index (χ1n) is 6.57. The molecular weight excluding hydrogens is 218 g/mol. The van der Waals surface area contributed by atoms with E-state index in [1.807, 2.05) is 6.92 Å². The zero-order chi connectivity index (χ0) is 12.5. The highest BCUT2D eigenvalue weighted by Gasteiger charge is 2.19. The lowest BCUT2D eigenvalue weighted by atomic mass is 10.2. The summed E-state index contributed by atoms with van der Waals surface area (Å²) in [5, 5.41) is 6.06. The SMILES string of the molecule is CCNCCC(=O)NCC1CN(CC)CCO1. The van der Waals surface area contributed by atoms with Gasteiger partial charge in [-0.05, 0) is 13.1 Å². The van der Waals surface area contributed by atoms with E-state index in [4.69, 9.17) is 4.74 Å². The molecule has 0 aromatic carbocycles. The normalized spacial score (nSPS) is 21.4. The van der Waals surface area contributed by atoms with Crippen molar-refractivity contribution in [3.05, 3.63) is 0 Å². The van der Waals surface area contributed by atoms with Crippen molar-refractivity contribution in [2.24, 2.45) is 0 Å². The minimum Gasteiger partial charge on any atom is -0.374 e. The fraction of sp³-hybridized carbons (Fsp3) is 0.917. The highest BCUT2D eigenvalue weighted by molar-refractivity contribution is 5.76. The number of hydrogen-bond acceptors (Lipinski definition) is 4. The van der Waals surface area contributed by atoms with Gasteiger partial charge in [0.05, 0.1) is 12.7 Å². The molecule has 0 aromatic rings. The van der Waals surface area contributed by atoms with Crippen LogP contribution in [0.2, 0.25) is 0 Å². The number of rotatable bonds is 7. The second-order valence-electron chi connectivity index (χ2n) is 4.29. The summed E-state index contributed by atoms with van der Waals surface area (Å²) in [4.78, 5) is 13.8. The summed E-state index contributed by atoms with van der Waals surface area (Å²) < 4.78 is 5.61. The molecule has 1 saturated heterocycles. The molecule has 0 aromatic heterocycles. The molecule has 0 bridgehead atoms. The van der Waals surface area contributed by atoms with E-state index < -0.39 is 0 Å². The van der Waals surface area contributed by atoms with Crippen molar-refractivity contribution in [3.63, 3.8) is 0 Å². The van der Waals surface area contributed by atoms with Crippen LogP contribution in [-0.2, 0) is 9.53 Å². The van der Waals surface area contributed by atoms with Crippen LogP contribution in [-0.4, -0.2) is 62.8 Å². The van der Waals surface area contributed by atoms with Gasteiger partial charge in [-0.1, -0.05) is 13.8 Å². The quantitative estimate of drug-likeness (QED) is 0.609. The summed E-state index contributed by atoms with van der Waals surface area (Å²) in [6.45, 7) is 10.2. The zero-order valence-electron chi connectivity index (χ0n) is 11.0. The van der Waals surface area contributed by atoms with Gasteiger partial charge >= 0.3 is 0 Å². The van der Waals surface area contributed by atoms with Gasteiger partial charge in [-0.2, -0.15) is 0 Å². The van der Waals surface area contributed by atoms with Crippen LogP contribution in [0.1, 0.15) is 20.3 Å². The summed E-state index contributed by atoms with van der Waals surface area (Å²) in [6.07, 6.45) is 0.685. The maximum Gasteiger partial charge on any atom is 0.221 e. The molecule has 0 aliphatic carbocycles. The fourth-order valence-corrected chi connectivity index (χ4v) is 1.89. The Balaban J connectivity index is 2.10. The molecule has 1 aliphatic heterocycles. The van der Waals surface area contributed by atoms with Crippen molar-refractivity contribution < 1.29 is 9.53 Å². The van der Waals surface area contributed by atoms with Crippen molar-refractivity contribution in [2.75, 3.05) is 45.9 Å². The molecule has 1 aliphatic rings. The van der Waals surface area contributed by atoms with E-state index in [-0.39, 0.29) is 12.0 Å². The molecule has 1 unspecified atom stereocenters. The molecule has 5 nitrogen and oxygen atoms in total. The maximum atomic E-state index is 11.5. The van der Waals surface area contributed by atoms with Crippen molar-refractivity contribution in [1.29, 1.82) is 0 Å². The summed E-state index contributed by atoms with van der Waals surface area (Å²) in [5.74, 6) is 0.100. The summed E-state index contributed by atoms with van der Waals surface area (Å²) in [5.41, 5.74) is 0. The van der Waals surface area contributed by atoms with Gasteiger partial charge in [0.1, 0.15) is 0 Å². The van der Waals surface area contributed by atoms with Crippen molar-refractivity contribution in [2.45, 2.75) is 26.4 Å². The predicted molar refractivity (Wildman–Crippen MR) is 68.0 cm³/mol. The first-order valence-corrected chi connectivity index (χ1v) is 6.57. The average molecular weight is 243 g/mol. The molecule has 1 fully saturated rings. The number of ether oxygens (including phenoxy) is 1. The van der Waals surface area contributed by atoms with Crippen LogP contribution in [0.4, 0.5) is 0 Å². The van der Waals surface area contributed by atoms with Crippen molar-refractivity contribution in [3.8, 4) is 0 Å². The average Bonchev–Trinajstić information content (AvgIpc) is 2.37. The van der Waals surface area contributed by atoms with E-state index in [1.165, 1.54) is 0 Å². The van der Waals surface area contributed by atoms with Gasteiger partial charge < -0.3 is 15.4 Å². The third kappa shape index (κ3) is 6.00. The first-order chi connectivity index (χ1) is 8.26. The lowest BCUT2D eigenvalue weighted by Crippen LogP contribution is -2.47. The Labute approximate surface area is 104 Å². The van der Waals surface area contributed by atoms with Gasteiger partial charge in [0.25, 0.3) is 0 Å². The van der Waals surface area contributed by atoms with Crippen LogP contribution in [0.15, 0.2) is 0 Å². The Morgan fingerprint density at radius 2 is 2.29 bits per heavy atom. The van der Waals surface area contributed by atoms with Gasteiger partial charge in [0, 0.05) is 32.6 Å². The van der Waals surface area contributed by atoms with Crippen molar-refractivity contribution in [1.82, 2.24) is 15.5 Å². The van der Waals surface area contributed by atoms with Gasteiger partial charge in [-0.15, -0.1) is 0 Å². The number of hydrogen-bond donors (Lipinski definition) is 2. The molecule has 1 heterocycles. The molecule has 0 radical (unpaired) electrons. The molecule has 1 atom stereocenters. The van der Waals surface area contributed by atoms with Crippen LogP contribution in [0.5, 0.6) is 0 Å². The minimum atomic E-state index is 0.100. The molecule has 17 heavy (non-hydrogen) atoms. The van der Waals surface area contributed by atoms with Crippen LogP contribution in [0.3, 0.4) is 0 Å². The molecular formula is C12H25N3O2. The van der Waals surface area contributed by atoms with Crippen molar-refractivity contribution >= 4 is 5.91 Å². The van der Waals surface area contributed by atoms with E-state index in [0.717, 1.165) is 39.3 Å². The maximum absolute atomic E-state index is 11.5. The summed E-state index contributed by atoms with van der Waals surface area (Å²) in [7, 11) is 0. The third-order valence-electron chi connectivity index (χ3n) is 2.98. The second kappa shape index (κ2) is 8.44. The van der Waals surface area contributed by atoms with E-state index in [2.05, 4.69) is 22.5 Å². The lowest BCUT2D eigenvalue weighted by molar-refractivity contribution is -0.122. The fourth-order valence-electron chi connectivity index (χ4n) is 1.89. The Morgan fingerprint density at radius 3 is 3.00 bits per heavy atom. The molecule has 100 valence electrons. The third-order valence-corrected chi connectivity index (χ3v) is 2.98. The standard InChI is InChI=1S/C12H25N3O2/c1-3-13-6-5-12(16)14-9-11-10-15(4-2)7-8-17-11/h11,13H,3-10H2,1-2H3,(H,14,16). The smallest absolute Gasteiger partial charge is 0.221 e. The van der Waals surface area contributed by atoms with E-state index in [0.29, 0.717) is 13.0 Å². The highest BCUT2D eigenvalue weighted by atomic mass is 16.5. The zero-order valence-corrected chi connectivity index (χ0v) is 11.0. The van der Waals surface area contributed by atoms with Gasteiger partial charge in [-0.3, -0.25) is 9.69 Å². The van der Waals surface area contributed by atoms with E-state index >= 15 is 0 Å². The highest BCUT2D eigenvalue weighted by Crippen LogP contribution is 2.03. The molecule has 5 heteroatoms. The predicted octanol–water partition coefficient (Wildman–Crippen LogP) is -0.177. The number of morpholine rings is 1. The number of nitrogens with one attached hydrogen (secondary N) is 2. The molecule has 1 amide bonds. The van der Waals surface area contributed by atoms with Gasteiger partial charge in [-0.25, -0.2) is 0 Å². The number of likely N-dealkylation sites (N-methyl/N-ethyl adjacent to an activating group) is 1. The van der Waals surface area contributed by atoms with Crippen LogP contribution in [0, 0.1) is 0 Å². The van der Waals surface area contributed by atoms with Gasteiger partial charge in [0.15, 0.2) is 0 Å². The summed E-state index contributed by atoms with van der Waals surface area (Å²) >= 11 is 0. The molecule has 0 spiro atoms. The molecule has 2 N–H and O–H groups in total. The number of amides is 1. The van der Waals surface area contributed by atoms with E-state index in [1.54, 1.807) is 0 Å². The number of carbonyl (C=O) groups excluding carboxylic acids is 1. The second-order valence-corrected chi connectivity index (χ2v) is 4.29. The Kier molecular flexibility index (Phi) is 7.16. The molecule has 1 rings (SSSR count). The summed E-state index contributed by atoms with van der Waals surface area (Å²) in [6, 6.07) is 0. The van der Waals surface area contributed by atoms with Crippen LogP contribution < -0.4 is 10.6 Å².